The molecule has 3 heteroatoms. The van der Waals surface area contributed by atoms with Crippen molar-refractivity contribution in [1.29, 1.82) is 0 Å². The molecule has 1 fully saturated rings. The summed E-state index contributed by atoms with van der Waals surface area (Å²) in [6.07, 6.45) is 0. The number of aryl methyl sites for hydroxylation is 2. The van der Waals surface area contributed by atoms with Crippen LogP contribution in [0.5, 0.6) is 0 Å². The molecule has 1 aromatic rings. The third-order valence-electron chi connectivity index (χ3n) is 4.52. The Balaban J connectivity index is 2.42. The Kier molecular flexibility index (Phi) is 4.61. The van der Waals surface area contributed by atoms with Crippen LogP contribution >= 0.6 is 0 Å². The number of hydrogen-bond acceptors (Lipinski definition) is 3. The van der Waals surface area contributed by atoms with Crippen molar-refractivity contribution in [2.75, 3.05) is 32.8 Å². The monoisotopic (exact) mass is 262 g/mol. The topological polar surface area (TPSA) is 35.5 Å². The van der Waals surface area contributed by atoms with Crippen LogP contribution in [0.4, 0.5) is 0 Å². The molecule has 0 spiro atoms. The van der Waals surface area contributed by atoms with Gasteiger partial charge in [-0.1, -0.05) is 6.07 Å². The van der Waals surface area contributed by atoms with Gasteiger partial charge in [0.2, 0.25) is 0 Å². The van der Waals surface area contributed by atoms with Crippen molar-refractivity contribution in [1.82, 2.24) is 10.2 Å². The van der Waals surface area contributed by atoms with E-state index < -0.39 is 0 Å². The molecule has 0 aliphatic carbocycles. The molecular formula is C16H26N2O. The van der Waals surface area contributed by atoms with Gasteiger partial charge >= 0.3 is 0 Å². The normalized spacial score (nSPS) is 18.6. The molecule has 0 radical (unpaired) electrons. The van der Waals surface area contributed by atoms with Crippen molar-refractivity contribution >= 4 is 0 Å². The van der Waals surface area contributed by atoms with Crippen LogP contribution in [0.1, 0.15) is 33.9 Å². The predicted molar refractivity (Wildman–Crippen MR) is 79.7 cm³/mol. The summed E-state index contributed by atoms with van der Waals surface area (Å²) in [4.78, 5) is 2.41. The summed E-state index contributed by atoms with van der Waals surface area (Å²) < 4.78 is 0. The first kappa shape index (κ1) is 14.5. The number of benzene rings is 1. The minimum Gasteiger partial charge on any atom is -0.394 e. The highest BCUT2D eigenvalue weighted by molar-refractivity contribution is 5.45. The van der Waals surface area contributed by atoms with Crippen LogP contribution in [-0.2, 0) is 0 Å². The Morgan fingerprint density at radius 1 is 1.11 bits per heavy atom. The lowest BCUT2D eigenvalue weighted by molar-refractivity contribution is 0.110. The van der Waals surface area contributed by atoms with Crippen molar-refractivity contribution in [3.05, 3.63) is 33.9 Å². The Labute approximate surface area is 116 Å². The SMILES string of the molecule is Cc1cc(C)c(C)c(C(CO)N2CCNCC2)c1C. The Morgan fingerprint density at radius 3 is 2.11 bits per heavy atom. The first-order valence-corrected chi connectivity index (χ1v) is 7.19. The summed E-state index contributed by atoms with van der Waals surface area (Å²) in [5.41, 5.74) is 6.65. The second-order valence-corrected chi connectivity index (χ2v) is 5.66. The molecule has 19 heavy (non-hydrogen) atoms. The van der Waals surface area contributed by atoms with Gasteiger partial charge in [-0.2, -0.15) is 0 Å². The maximum Gasteiger partial charge on any atom is 0.0628 e. The standard InChI is InChI=1S/C16H26N2O/c1-11-9-12(2)14(4)16(13(11)3)15(10-19)18-7-5-17-6-8-18/h9,15,17,19H,5-8,10H2,1-4H3. The Bertz CT molecular complexity index is 424. The molecule has 0 bridgehead atoms. The lowest BCUT2D eigenvalue weighted by atomic mass is 9.89. The molecule has 1 atom stereocenters. The summed E-state index contributed by atoms with van der Waals surface area (Å²) >= 11 is 0. The summed E-state index contributed by atoms with van der Waals surface area (Å²) in [5, 5.41) is 13.3. The predicted octanol–water partition coefficient (Wildman–Crippen LogP) is 1.86. The highest BCUT2D eigenvalue weighted by Crippen LogP contribution is 2.30. The lowest BCUT2D eigenvalue weighted by Crippen LogP contribution is -2.46. The average Bonchev–Trinajstić information content (AvgIpc) is 2.42. The molecule has 0 saturated carbocycles. The molecule has 2 N–H and O–H groups in total. The highest BCUT2D eigenvalue weighted by Gasteiger charge is 2.25. The third-order valence-corrected chi connectivity index (χ3v) is 4.52. The summed E-state index contributed by atoms with van der Waals surface area (Å²) in [6.45, 7) is 12.9. The number of aliphatic hydroxyl groups excluding tert-OH is 1. The van der Waals surface area contributed by atoms with Crippen molar-refractivity contribution in [2.45, 2.75) is 33.7 Å². The van der Waals surface area contributed by atoms with Crippen LogP contribution in [-0.4, -0.2) is 42.8 Å². The zero-order valence-electron chi connectivity index (χ0n) is 12.6. The molecular weight excluding hydrogens is 236 g/mol. The molecule has 2 rings (SSSR count). The molecule has 1 aliphatic rings. The van der Waals surface area contributed by atoms with Gasteiger partial charge in [0.25, 0.3) is 0 Å². The van der Waals surface area contributed by atoms with Crippen LogP contribution < -0.4 is 5.32 Å². The van der Waals surface area contributed by atoms with Gasteiger partial charge in [-0.15, -0.1) is 0 Å². The number of aliphatic hydroxyl groups is 1. The number of hydrogen-bond donors (Lipinski definition) is 2. The van der Waals surface area contributed by atoms with Crippen molar-refractivity contribution < 1.29 is 5.11 Å². The lowest BCUT2D eigenvalue weighted by Gasteiger charge is -2.36. The van der Waals surface area contributed by atoms with Crippen LogP contribution in [0.25, 0.3) is 0 Å². The Morgan fingerprint density at radius 2 is 1.63 bits per heavy atom. The molecule has 0 amide bonds. The first-order chi connectivity index (χ1) is 9.06. The Hall–Kier alpha value is -0.900. The van der Waals surface area contributed by atoms with Crippen molar-refractivity contribution in [3.8, 4) is 0 Å². The van der Waals surface area contributed by atoms with Gasteiger partial charge in [-0.3, -0.25) is 4.90 Å². The van der Waals surface area contributed by atoms with Gasteiger partial charge in [0.1, 0.15) is 0 Å². The number of piperazine rings is 1. The minimum absolute atomic E-state index is 0.140. The van der Waals surface area contributed by atoms with Gasteiger partial charge in [0.05, 0.1) is 12.6 Å². The van der Waals surface area contributed by atoms with E-state index in [4.69, 9.17) is 0 Å². The molecule has 0 aromatic heterocycles. The van der Waals surface area contributed by atoms with E-state index in [-0.39, 0.29) is 12.6 Å². The summed E-state index contributed by atoms with van der Waals surface area (Å²) in [6, 6.07) is 2.39. The molecule has 1 aliphatic heterocycles. The van der Waals surface area contributed by atoms with E-state index in [0.29, 0.717) is 0 Å². The van der Waals surface area contributed by atoms with E-state index in [1.165, 1.54) is 27.8 Å². The minimum atomic E-state index is 0.140. The molecule has 1 saturated heterocycles. The van der Waals surface area contributed by atoms with Crippen LogP contribution in [0.3, 0.4) is 0 Å². The maximum absolute atomic E-state index is 9.90. The number of nitrogens with zero attached hydrogens (tertiary/aromatic N) is 1. The zero-order chi connectivity index (χ0) is 14.0. The fourth-order valence-electron chi connectivity index (χ4n) is 3.13. The molecule has 1 heterocycles. The van der Waals surface area contributed by atoms with Gasteiger partial charge in [-0.05, 0) is 55.5 Å². The molecule has 1 aromatic carbocycles. The second-order valence-electron chi connectivity index (χ2n) is 5.66. The third kappa shape index (κ3) is 2.83. The molecule has 3 nitrogen and oxygen atoms in total. The van der Waals surface area contributed by atoms with Crippen molar-refractivity contribution in [2.24, 2.45) is 0 Å². The molecule has 106 valence electrons. The van der Waals surface area contributed by atoms with Gasteiger partial charge < -0.3 is 10.4 Å². The smallest absolute Gasteiger partial charge is 0.0628 e. The van der Waals surface area contributed by atoms with Gasteiger partial charge in [0.15, 0.2) is 0 Å². The van der Waals surface area contributed by atoms with Crippen molar-refractivity contribution in [3.63, 3.8) is 0 Å². The zero-order valence-corrected chi connectivity index (χ0v) is 12.6. The van der Waals surface area contributed by atoms with E-state index in [1.807, 2.05) is 0 Å². The quantitative estimate of drug-likeness (QED) is 0.873. The number of nitrogens with one attached hydrogen (secondary N) is 1. The van der Waals surface area contributed by atoms with Crippen LogP contribution in [0, 0.1) is 27.7 Å². The fraction of sp³-hybridized carbons (Fsp3) is 0.625. The summed E-state index contributed by atoms with van der Waals surface area (Å²) in [5.74, 6) is 0. The van der Waals surface area contributed by atoms with E-state index in [2.05, 4.69) is 44.0 Å². The van der Waals surface area contributed by atoms with Crippen LogP contribution in [0.15, 0.2) is 6.07 Å². The summed E-state index contributed by atoms with van der Waals surface area (Å²) in [7, 11) is 0. The highest BCUT2D eigenvalue weighted by atomic mass is 16.3. The fourth-order valence-corrected chi connectivity index (χ4v) is 3.13. The van der Waals surface area contributed by atoms with Gasteiger partial charge in [0, 0.05) is 26.2 Å². The maximum atomic E-state index is 9.90. The molecule has 1 unspecified atom stereocenters. The van der Waals surface area contributed by atoms with E-state index in [0.717, 1.165) is 26.2 Å². The average molecular weight is 262 g/mol. The van der Waals surface area contributed by atoms with Gasteiger partial charge in [-0.25, -0.2) is 0 Å². The second kappa shape index (κ2) is 6.04. The number of rotatable bonds is 3. The largest absolute Gasteiger partial charge is 0.394 e. The van der Waals surface area contributed by atoms with E-state index in [1.54, 1.807) is 0 Å². The first-order valence-electron chi connectivity index (χ1n) is 7.19. The van der Waals surface area contributed by atoms with E-state index in [9.17, 15) is 5.11 Å². The van der Waals surface area contributed by atoms with E-state index >= 15 is 0 Å². The van der Waals surface area contributed by atoms with Crippen LogP contribution in [0.2, 0.25) is 0 Å².